The van der Waals surface area contributed by atoms with E-state index in [9.17, 15) is 9.13 Å². The minimum atomic E-state index is -3.62. The van der Waals surface area contributed by atoms with Gasteiger partial charge in [-0.2, -0.15) is 0 Å². The molecule has 0 aliphatic carbocycles. The Balaban J connectivity index is 0.00000622. The molecule has 15 heteroatoms. The SMILES string of the molecule is CCOP(=O)(/C=C/c1c2nc(c(-c3cccc(OC)c3)c3ccc([n-]3)c(/C=C/P(=O)(OCC)OCC)c3nc(c(-c4cccc(OC)c4)c4ccc1[n-]4)C=C3)C=C2)OCC.[Zn+2]. The second kappa shape index (κ2) is 20.3. The molecule has 0 unspecified atom stereocenters. The molecule has 0 saturated carbocycles. The predicted molar refractivity (Wildman–Crippen MR) is 241 cm³/mol. The van der Waals surface area contributed by atoms with Crippen molar-refractivity contribution in [3.8, 4) is 33.8 Å². The summed E-state index contributed by atoms with van der Waals surface area (Å²) in [5, 5.41) is 0. The third-order valence-electron chi connectivity index (χ3n) is 9.49. The van der Waals surface area contributed by atoms with Crippen molar-refractivity contribution < 1.29 is 56.2 Å². The number of methoxy groups -OCH3 is 2. The molecule has 61 heavy (non-hydrogen) atoms. The number of hydrogen-bond acceptors (Lipinski definition) is 10. The molecular weight excluding hydrogens is 864 g/mol. The van der Waals surface area contributed by atoms with Gasteiger partial charge in [-0.05, 0) is 122 Å². The number of nitrogens with zero attached hydrogens (tertiary/aromatic N) is 4. The number of hydrogen-bond donors (Lipinski definition) is 0. The van der Waals surface area contributed by atoms with Gasteiger partial charge in [0.25, 0.3) is 0 Å². The third-order valence-corrected chi connectivity index (χ3v) is 13.0. The molecule has 8 bridgehead atoms. The van der Waals surface area contributed by atoms with Crippen LogP contribution in [-0.4, -0.2) is 50.6 Å². The molecular formula is C46H46N4O8P2Zn. The van der Waals surface area contributed by atoms with Crippen molar-refractivity contribution in [2.75, 3.05) is 40.6 Å². The summed E-state index contributed by atoms with van der Waals surface area (Å²) in [6.07, 6.45) is 11.0. The zero-order chi connectivity index (χ0) is 42.3. The quantitative estimate of drug-likeness (QED) is 0.0672. The molecule has 310 valence electrons. The summed E-state index contributed by atoms with van der Waals surface area (Å²) in [5.41, 5.74) is 9.04. The van der Waals surface area contributed by atoms with E-state index in [0.29, 0.717) is 67.5 Å². The largest absolute Gasteiger partial charge is 2.00 e. The molecule has 0 amide bonds. The van der Waals surface area contributed by atoms with Crippen molar-refractivity contribution in [3.05, 3.63) is 118 Å². The zero-order valence-electron chi connectivity index (χ0n) is 35.0. The Bertz CT molecular complexity index is 2580. The van der Waals surface area contributed by atoms with Crippen molar-refractivity contribution in [2.24, 2.45) is 0 Å². The number of benzene rings is 2. The number of rotatable bonds is 16. The number of ether oxygens (including phenoxy) is 2. The fraction of sp³-hybridized carbons (Fsp3) is 0.217. The van der Waals surface area contributed by atoms with Crippen LogP contribution in [0.5, 0.6) is 11.5 Å². The fourth-order valence-electron chi connectivity index (χ4n) is 6.92. The average molecular weight is 910 g/mol. The standard InChI is InChI=1S/C46H46N4O8P2.Zn/c1-7-55-59(51,56-8-2)27-25-35-37-17-21-41(47-37)45(31-13-11-15-33(29-31)53-5)43-23-19-39(49-43)36(26-28-60(52,57-9-3)58-10-4)40-20-24-44(50-40)46(42-22-18-38(35)48-42)32-14-12-16-34(30-32)54-6;/h11-30H,7-10H2,1-6H3;/q-2;+2/b27-25+,28-26+,37-35?,38-35?,39-36?,40-36?,45-41?,45-43?,46-42?,46-44?;. The van der Waals surface area contributed by atoms with Gasteiger partial charge in [-0.1, -0.05) is 48.5 Å². The molecule has 7 rings (SSSR count). The van der Waals surface area contributed by atoms with Crippen LogP contribution in [-0.2, 0) is 46.7 Å². The molecule has 2 aromatic carbocycles. The average Bonchev–Trinajstić information content (AvgIpc) is 4.09. The maximum Gasteiger partial charge on any atom is 2.00 e. The molecule has 0 saturated heterocycles. The summed E-state index contributed by atoms with van der Waals surface area (Å²) in [7, 11) is -4.00. The zero-order valence-corrected chi connectivity index (χ0v) is 39.8. The molecule has 5 heterocycles. The number of fused-ring (bicyclic) bond motifs is 8. The van der Waals surface area contributed by atoms with Crippen LogP contribution in [0, 0.1) is 0 Å². The van der Waals surface area contributed by atoms with Gasteiger partial charge in [0, 0.05) is 11.6 Å². The Kier molecular flexibility index (Phi) is 15.1. The summed E-state index contributed by atoms with van der Waals surface area (Å²) in [6, 6.07) is 23.0. The van der Waals surface area contributed by atoms with Crippen molar-refractivity contribution in [1.29, 1.82) is 0 Å². The van der Waals surface area contributed by atoms with Crippen LogP contribution >= 0.6 is 15.2 Å². The van der Waals surface area contributed by atoms with Crippen LogP contribution in [0.2, 0.25) is 0 Å². The first-order chi connectivity index (χ1) is 29.1. The van der Waals surface area contributed by atoms with Crippen LogP contribution in [0.25, 0.3) is 80.8 Å². The van der Waals surface area contributed by atoms with Crippen molar-refractivity contribution in [2.45, 2.75) is 27.7 Å². The van der Waals surface area contributed by atoms with Gasteiger partial charge in [0.2, 0.25) is 0 Å². The Labute approximate surface area is 368 Å². The van der Waals surface area contributed by atoms with Crippen molar-refractivity contribution >= 4 is 73.7 Å². The summed E-state index contributed by atoms with van der Waals surface area (Å²) < 4.78 is 61.3. The van der Waals surface area contributed by atoms with Crippen LogP contribution in [0.3, 0.4) is 0 Å². The van der Waals surface area contributed by atoms with Gasteiger partial charge >= 0.3 is 34.7 Å². The third kappa shape index (κ3) is 10.2. The molecule has 3 aromatic heterocycles. The van der Waals surface area contributed by atoms with Crippen LogP contribution in [0.1, 0.15) is 61.6 Å². The molecule has 12 nitrogen and oxygen atoms in total. The van der Waals surface area contributed by atoms with Gasteiger partial charge in [-0.25, -0.2) is 9.97 Å². The minimum absolute atomic E-state index is 0. The normalized spacial score (nSPS) is 12.7. The van der Waals surface area contributed by atoms with Crippen molar-refractivity contribution in [3.63, 3.8) is 0 Å². The maximum atomic E-state index is 13.8. The minimum Gasteiger partial charge on any atom is -0.657 e. The van der Waals surface area contributed by atoms with E-state index in [2.05, 4.69) is 0 Å². The molecule has 0 N–H and O–H groups in total. The Morgan fingerprint density at radius 1 is 0.525 bits per heavy atom. The van der Waals surface area contributed by atoms with E-state index < -0.39 is 15.2 Å². The van der Waals surface area contributed by atoms with Crippen LogP contribution in [0.15, 0.2) is 84.4 Å². The predicted octanol–water partition coefficient (Wildman–Crippen LogP) is 11.7. The maximum absolute atomic E-state index is 13.8. The first kappa shape index (κ1) is 45.6. The molecule has 2 aliphatic rings. The van der Waals surface area contributed by atoms with Gasteiger partial charge in [-0.3, -0.25) is 9.13 Å². The van der Waals surface area contributed by atoms with E-state index in [0.717, 1.165) is 22.3 Å². The second-order valence-electron chi connectivity index (χ2n) is 13.3. The van der Waals surface area contributed by atoms with Gasteiger partial charge in [-0.15, -0.1) is 22.1 Å². The second-order valence-corrected chi connectivity index (χ2v) is 17.1. The smallest absolute Gasteiger partial charge is 0.657 e. The summed E-state index contributed by atoms with van der Waals surface area (Å²) in [4.78, 5) is 20.8. The Hall–Kier alpha value is -4.96. The van der Waals surface area contributed by atoms with E-state index in [1.165, 1.54) is 11.6 Å². The fourth-order valence-corrected chi connectivity index (χ4v) is 9.52. The first-order valence-corrected chi connectivity index (χ1v) is 22.9. The van der Waals surface area contributed by atoms with E-state index in [4.69, 9.17) is 47.5 Å². The molecule has 5 aromatic rings. The molecule has 0 spiro atoms. The molecule has 0 radical (unpaired) electrons. The monoisotopic (exact) mass is 908 g/mol. The molecule has 0 atom stereocenters. The van der Waals surface area contributed by atoms with Crippen molar-refractivity contribution in [1.82, 2.24) is 19.9 Å². The van der Waals surface area contributed by atoms with E-state index in [1.807, 2.05) is 97.1 Å². The van der Waals surface area contributed by atoms with Gasteiger partial charge in [0.05, 0.1) is 63.4 Å². The van der Waals surface area contributed by atoms with E-state index in [1.54, 1.807) is 54.1 Å². The molecule has 2 aliphatic heterocycles. The van der Waals surface area contributed by atoms with Gasteiger partial charge in [0.1, 0.15) is 11.5 Å². The first-order valence-electron chi connectivity index (χ1n) is 19.6. The Morgan fingerprint density at radius 3 is 1.25 bits per heavy atom. The summed E-state index contributed by atoms with van der Waals surface area (Å²) in [5.74, 6) is 4.25. The van der Waals surface area contributed by atoms with Gasteiger partial charge < -0.3 is 37.5 Å². The molecule has 0 fully saturated rings. The van der Waals surface area contributed by atoms with Gasteiger partial charge in [0.15, 0.2) is 0 Å². The van der Waals surface area contributed by atoms with Crippen LogP contribution < -0.4 is 19.4 Å². The number of aromatic nitrogens is 4. The Morgan fingerprint density at radius 2 is 0.885 bits per heavy atom. The summed E-state index contributed by atoms with van der Waals surface area (Å²) >= 11 is 0. The van der Waals surface area contributed by atoms with Crippen LogP contribution in [0.4, 0.5) is 0 Å². The van der Waals surface area contributed by atoms with E-state index >= 15 is 0 Å². The summed E-state index contributed by atoms with van der Waals surface area (Å²) in [6.45, 7) is 7.86. The van der Waals surface area contributed by atoms with E-state index in [-0.39, 0.29) is 45.9 Å². The topological polar surface area (TPSA) is 144 Å².